The van der Waals surface area contributed by atoms with Crippen molar-refractivity contribution in [2.75, 3.05) is 5.32 Å². The van der Waals surface area contributed by atoms with Crippen LogP contribution < -0.4 is 5.32 Å². The number of nitrogens with one attached hydrogen (secondary N) is 1. The molecule has 2 aromatic rings. The molecule has 1 aromatic heterocycles. The molecular weight excluding hydrogens is 334 g/mol. The van der Waals surface area contributed by atoms with Gasteiger partial charge in [0.2, 0.25) is 0 Å². The molecule has 0 unspecified atom stereocenters. The Morgan fingerprint density at radius 1 is 1.17 bits per heavy atom. The molecule has 2 rings (SSSR count). The average molecular weight is 352 g/mol. The zero-order chi connectivity index (χ0) is 17.1. The second-order valence-electron chi connectivity index (χ2n) is 5.40. The molecule has 1 aromatic carbocycles. The Labute approximate surface area is 144 Å². The molecule has 0 aliphatic rings. The lowest BCUT2D eigenvalue weighted by atomic mass is 10.1. The van der Waals surface area contributed by atoms with Gasteiger partial charge in [-0.3, -0.25) is 4.79 Å². The maximum absolute atomic E-state index is 12.3. The van der Waals surface area contributed by atoms with E-state index in [9.17, 15) is 9.59 Å². The quantitative estimate of drug-likeness (QED) is 0.802. The van der Waals surface area contributed by atoms with Gasteiger partial charge in [-0.05, 0) is 57.5 Å². The fourth-order valence-corrected chi connectivity index (χ4v) is 3.18. The summed E-state index contributed by atoms with van der Waals surface area (Å²) in [4.78, 5) is 25.6. The predicted molar refractivity (Wildman–Crippen MR) is 93.7 cm³/mol. The minimum absolute atomic E-state index is 0.220. The fraction of sp³-hybridized carbons (Fsp3) is 0.294. The minimum atomic E-state index is -0.423. The Hall–Kier alpha value is -1.85. The van der Waals surface area contributed by atoms with Crippen LogP contribution in [0.15, 0.2) is 24.3 Å². The molecule has 0 saturated carbocycles. The van der Waals surface area contributed by atoms with Crippen LogP contribution in [0.25, 0.3) is 0 Å². The molecule has 0 spiro atoms. The number of hydrogen-bond donors (Lipinski definition) is 1. The van der Waals surface area contributed by atoms with Gasteiger partial charge in [0.05, 0.1) is 11.7 Å². The number of ether oxygens (including phenoxy) is 1. The molecule has 0 fully saturated rings. The molecule has 122 valence electrons. The SMILES string of the molecule is Cc1sc(NC(=O)c2ccc(Cl)cc2)c(C(=O)OC(C)C)c1C. The molecule has 0 bridgehead atoms. The topological polar surface area (TPSA) is 55.4 Å². The number of amides is 1. The normalized spacial score (nSPS) is 10.7. The van der Waals surface area contributed by atoms with Crippen LogP contribution in [0.4, 0.5) is 5.00 Å². The number of thiophene rings is 1. The van der Waals surface area contributed by atoms with Crippen molar-refractivity contribution < 1.29 is 14.3 Å². The van der Waals surface area contributed by atoms with Gasteiger partial charge >= 0.3 is 5.97 Å². The van der Waals surface area contributed by atoms with Gasteiger partial charge in [-0.15, -0.1) is 11.3 Å². The molecule has 23 heavy (non-hydrogen) atoms. The van der Waals surface area contributed by atoms with E-state index in [1.165, 1.54) is 11.3 Å². The highest BCUT2D eigenvalue weighted by molar-refractivity contribution is 7.16. The number of carbonyl (C=O) groups is 2. The van der Waals surface area contributed by atoms with E-state index in [1.807, 2.05) is 13.8 Å². The molecule has 1 N–H and O–H groups in total. The summed E-state index contributed by atoms with van der Waals surface area (Å²) >= 11 is 7.19. The van der Waals surface area contributed by atoms with Crippen LogP contribution >= 0.6 is 22.9 Å². The molecule has 1 amide bonds. The number of aryl methyl sites for hydroxylation is 1. The van der Waals surface area contributed by atoms with Crippen molar-refractivity contribution >= 4 is 39.8 Å². The Morgan fingerprint density at radius 2 is 1.78 bits per heavy atom. The van der Waals surface area contributed by atoms with E-state index in [0.717, 1.165) is 10.4 Å². The predicted octanol–water partition coefficient (Wildman–Crippen LogP) is 4.84. The summed E-state index contributed by atoms with van der Waals surface area (Å²) < 4.78 is 5.27. The van der Waals surface area contributed by atoms with Crippen LogP contribution in [0.1, 0.15) is 45.0 Å². The maximum atomic E-state index is 12.3. The first-order valence-electron chi connectivity index (χ1n) is 7.17. The van der Waals surface area contributed by atoms with E-state index in [0.29, 0.717) is 21.2 Å². The van der Waals surface area contributed by atoms with Crippen LogP contribution in [0.5, 0.6) is 0 Å². The van der Waals surface area contributed by atoms with Gasteiger partial charge in [0.1, 0.15) is 5.00 Å². The molecule has 6 heteroatoms. The summed E-state index contributed by atoms with van der Waals surface area (Å²) in [6, 6.07) is 6.57. The second kappa shape index (κ2) is 7.15. The van der Waals surface area contributed by atoms with Gasteiger partial charge in [0.15, 0.2) is 0 Å². The van der Waals surface area contributed by atoms with Gasteiger partial charge in [-0.2, -0.15) is 0 Å². The van der Waals surface area contributed by atoms with Crippen LogP contribution in [0.3, 0.4) is 0 Å². The van der Waals surface area contributed by atoms with E-state index in [1.54, 1.807) is 38.1 Å². The van der Waals surface area contributed by atoms with Crippen molar-refractivity contribution in [3.05, 3.63) is 50.9 Å². The highest BCUT2D eigenvalue weighted by Crippen LogP contribution is 2.33. The van der Waals surface area contributed by atoms with Crippen LogP contribution in [0.2, 0.25) is 5.02 Å². The molecule has 0 atom stereocenters. The van der Waals surface area contributed by atoms with E-state index < -0.39 is 5.97 Å². The Bertz CT molecular complexity index is 735. The average Bonchev–Trinajstić information content (AvgIpc) is 2.73. The molecule has 0 aliphatic carbocycles. The third-order valence-corrected chi connectivity index (χ3v) is 4.64. The molecular formula is C17H18ClNO3S. The van der Waals surface area contributed by atoms with Gasteiger partial charge < -0.3 is 10.1 Å². The zero-order valence-corrected chi connectivity index (χ0v) is 15.0. The zero-order valence-electron chi connectivity index (χ0n) is 13.4. The number of carbonyl (C=O) groups excluding carboxylic acids is 2. The van der Waals surface area contributed by atoms with E-state index in [2.05, 4.69) is 5.32 Å². The molecule has 0 radical (unpaired) electrons. The maximum Gasteiger partial charge on any atom is 0.341 e. The van der Waals surface area contributed by atoms with E-state index in [-0.39, 0.29) is 12.0 Å². The lowest BCUT2D eigenvalue weighted by molar-refractivity contribution is 0.0379. The number of anilines is 1. The highest BCUT2D eigenvalue weighted by atomic mass is 35.5. The van der Waals surface area contributed by atoms with Gasteiger partial charge in [-0.25, -0.2) is 4.79 Å². The van der Waals surface area contributed by atoms with Crippen LogP contribution in [-0.4, -0.2) is 18.0 Å². The monoisotopic (exact) mass is 351 g/mol. The highest BCUT2D eigenvalue weighted by Gasteiger charge is 2.23. The molecule has 0 saturated heterocycles. The van der Waals surface area contributed by atoms with Crippen molar-refractivity contribution in [3.63, 3.8) is 0 Å². The third kappa shape index (κ3) is 4.12. The molecule has 0 aliphatic heterocycles. The Morgan fingerprint density at radius 3 is 2.35 bits per heavy atom. The second-order valence-corrected chi connectivity index (χ2v) is 7.06. The first-order chi connectivity index (χ1) is 10.8. The number of hydrogen-bond acceptors (Lipinski definition) is 4. The summed E-state index contributed by atoms with van der Waals surface area (Å²) in [6.45, 7) is 7.33. The van der Waals surface area contributed by atoms with E-state index in [4.69, 9.17) is 16.3 Å². The number of esters is 1. The summed E-state index contributed by atoms with van der Waals surface area (Å²) in [6.07, 6.45) is -0.220. The number of halogens is 1. The first kappa shape index (κ1) is 17.5. The molecule has 1 heterocycles. The van der Waals surface area contributed by atoms with Crippen molar-refractivity contribution in [3.8, 4) is 0 Å². The van der Waals surface area contributed by atoms with Crippen molar-refractivity contribution in [2.24, 2.45) is 0 Å². The Balaban J connectivity index is 2.29. The summed E-state index contributed by atoms with van der Waals surface area (Å²) in [7, 11) is 0. The summed E-state index contributed by atoms with van der Waals surface area (Å²) in [5.74, 6) is -0.713. The van der Waals surface area contributed by atoms with Gasteiger partial charge in [0.25, 0.3) is 5.91 Å². The summed E-state index contributed by atoms with van der Waals surface area (Å²) in [5, 5.41) is 3.86. The number of benzene rings is 1. The van der Waals surface area contributed by atoms with E-state index >= 15 is 0 Å². The standard InChI is InChI=1S/C17H18ClNO3S/c1-9(2)22-17(21)14-10(3)11(4)23-16(14)19-15(20)12-5-7-13(18)8-6-12/h5-9H,1-4H3,(H,19,20). The lowest BCUT2D eigenvalue weighted by Crippen LogP contribution is -2.16. The number of rotatable bonds is 4. The fourth-order valence-electron chi connectivity index (χ4n) is 2.01. The minimum Gasteiger partial charge on any atom is -0.459 e. The van der Waals surface area contributed by atoms with Crippen molar-refractivity contribution in [1.29, 1.82) is 0 Å². The first-order valence-corrected chi connectivity index (χ1v) is 8.37. The van der Waals surface area contributed by atoms with Crippen molar-refractivity contribution in [1.82, 2.24) is 0 Å². The largest absolute Gasteiger partial charge is 0.459 e. The summed E-state index contributed by atoms with van der Waals surface area (Å²) in [5.41, 5.74) is 1.72. The van der Waals surface area contributed by atoms with Crippen molar-refractivity contribution in [2.45, 2.75) is 33.8 Å². The van der Waals surface area contributed by atoms with Crippen LogP contribution in [0, 0.1) is 13.8 Å². The van der Waals surface area contributed by atoms with Gasteiger partial charge in [-0.1, -0.05) is 11.6 Å². The smallest absolute Gasteiger partial charge is 0.341 e. The third-order valence-electron chi connectivity index (χ3n) is 3.27. The lowest BCUT2D eigenvalue weighted by Gasteiger charge is -2.10. The van der Waals surface area contributed by atoms with Crippen LogP contribution in [-0.2, 0) is 4.74 Å². The molecule has 4 nitrogen and oxygen atoms in total. The van der Waals surface area contributed by atoms with Gasteiger partial charge in [0, 0.05) is 15.5 Å². The Kier molecular flexibility index (Phi) is 5.44.